The zero-order valence-corrected chi connectivity index (χ0v) is 14.6. The first-order valence-corrected chi connectivity index (χ1v) is 9.76. The molecule has 1 atom stereocenters. The molecule has 0 spiro atoms. The zero-order valence-electron chi connectivity index (χ0n) is 13.0. The Labute approximate surface area is 136 Å². The Morgan fingerprint density at radius 3 is 2.64 bits per heavy atom. The van der Waals surface area contributed by atoms with Crippen molar-refractivity contribution in [2.45, 2.75) is 13.0 Å². The van der Waals surface area contributed by atoms with Crippen molar-refractivity contribution in [3.05, 3.63) is 40.7 Å². The molecule has 2 aromatic rings. The number of thiazole rings is 1. The van der Waals surface area contributed by atoms with Crippen LogP contribution in [0, 0.1) is 0 Å². The summed E-state index contributed by atoms with van der Waals surface area (Å²) in [5.41, 5.74) is 2.08. The summed E-state index contributed by atoms with van der Waals surface area (Å²) in [5.74, 6) is 0. The predicted molar refractivity (Wildman–Crippen MR) is 91.4 cm³/mol. The molecule has 1 N–H and O–H groups in total. The van der Waals surface area contributed by atoms with E-state index in [1.807, 2.05) is 42.6 Å². The van der Waals surface area contributed by atoms with Crippen LogP contribution < -0.4 is 5.32 Å². The van der Waals surface area contributed by atoms with E-state index in [1.165, 1.54) is 10.6 Å². The summed E-state index contributed by atoms with van der Waals surface area (Å²) in [6.45, 7) is 3.07. The number of benzene rings is 1. The van der Waals surface area contributed by atoms with Gasteiger partial charge in [-0.1, -0.05) is 30.3 Å². The van der Waals surface area contributed by atoms with Crippen molar-refractivity contribution in [1.29, 1.82) is 0 Å². The summed E-state index contributed by atoms with van der Waals surface area (Å²) in [5, 5.41) is 6.36. The minimum Gasteiger partial charge on any atom is -0.307 e. The lowest BCUT2D eigenvalue weighted by Crippen LogP contribution is -2.34. The van der Waals surface area contributed by atoms with Crippen molar-refractivity contribution >= 4 is 21.4 Å². The number of sulfonamides is 1. The van der Waals surface area contributed by atoms with Crippen molar-refractivity contribution in [1.82, 2.24) is 14.6 Å². The highest BCUT2D eigenvalue weighted by atomic mass is 32.2. The molecule has 0 aliphatic rings. The Hall–Kier alpha value is -1.28. The number of nitrogens with one attached hydrogen (secondary N) is 1. The van der Waals surface area contributed by atoms with Gasteiger partial charge in [0.25, 0.3) is 0 Å². The normalized spacial score (nSPS) is 13.5. The van der Waals surface area contributed by atoms with E-state index < -0.39 is 10.0 Å². The molecule has 0 unspecified atom stereocenters. The van der Waals surface area contributed by atoms with Gasteiger partial charge in [-0.25, -0.2) is 17.7 Å². The van der Waals surface area contributed by atoms with Crippen LogP contribution in [0.5, 0.6) is 0 Å². The largest absolute Gasteiger partial charge is 0.307 e. The molecule has 0 fully saturated rings. The van der Waals surface area contributed by atoms with E-state index in [9.17, 15) is 8.42 Å². The van der Waals surface area contributed by atoms with Gasteiger partial charge in [0.15, 0.2) is 0 Å². The van der Waals surface area contributed by atoms with E-state index in [2.05, 4.69) is 10.3 Å². The third-order valence-electron chi connectivity index (χ3n) is 3.41. The second-order valence-corrected chi connectivity index (χ2v) is 8.18. The Balaban J connectivity index is 1.91. The second-order valence-electron chi connectivity index (χ2n) is 5.20. The van der Waals surface area contributed by atoms with Crippen LogP contribution in [0.25, 0.3) is 11.3 Å². The van der Waals surface area contributed by atoms with Crippen molar-refractivity contribution in [2.24, 2.45) is 0 Å². The van der Waals surface area contributed by atoms with Gasteiger partial charge in [-0.2, -0.15) is 0 Å². The number of hydrogen-bond donors (Lipinski definition) is 1. The Kier molecular flexibility index (Phi) is 5.69. The van der Waals surface area contributed by atoms with Crippen molar-refractivity contribution < 1.29 is 8.42 Å². The van der Waals surface area contributed by atoms with Crippen LogP contribution in [0.15, 0.2) is 35.7 Å². The second kappa shape index (κ2) is 7.32. The van der Waals surface area contributed by atoms with Crippen LogP contribution >= 0.6 is 11.3 Å². The lowest BCUT2D eigenvalue weighted by Gasteiger charge is -2.16. The highest BCUT2D eigenvalue weighted by molar-refractivity contribution is 7.88. The van der Waals surface area contributed by atoms with Gasteiger partial charge in [-0.15, -0.1) is 11.3 Å². The van der Waals surface area contributed by atoms with Crippen molar-refractivity contribution in [3.63, 3.8) is 0 Å². The maximum Gasteiger partial charge on any atom is 0.210 e. The molecular formula is C15H21N3O2S2. The summed E-state index contributed by atoms with van der Waals surface area (Å²) < 4.78 is 24.0. The SMILES string of the molecule is C[C@H](NCCN(C)S(C)(=O)=O)c1nc(-c2ccccc2)cs1. The van der Waals surface area contributed by atoms with Gasteiger partial charge >= 0.3 is 0 Å². The maximum absolute atomic E-state index is 11.3. The van der Waals surface area contributed by atoms with Crippen LogP contribution in [0.2, 0.25) is 0 Å². The number of hydrogen-bond acceptors (Lipinski definition) is 5. The van der Waals surface area contributed by atoms with E-state index in [1.54, 1.807) is 18.4 Å². The van der Waals surface area contributed by atoms with Gasteiger partial charge in [0.1, 0.15) is 5.01 Å². The highest BCUT2D eigenvalue weighted by Crippen LogP contribution is 2.25. The Bertz CT molecular complexity index is 699. The lowest BCUT2D eigenvalue weighted by atomic mass is 10.2. The molecule has 0 saturated carbocycles. The lowest BCUT2D eigenvalue weighted by molar-refractivity contribution is 0.448. The third-order valence-corrected chi connectivity index (χ3v) is 5.75. The predicted octanol–water partition coefficient (Wildman–Crippen LogP) is 2.35. The number of nitrogens with zero attached hydrogens (tertiary/aromatic N) is 2. The van der Waals surface area contributed by atoms with Gasteiger partial charge in [-0.3, -0.25) is 0 Å². The molecular weight excluding hydrogens is 318 g/mol. The summed E-state index contributed by atoms with van der Waals surface area (Å²) in [4.78, 5) is 4.65. The van der Waals surface area contributed by atoms with Crippen LogP contribution in [-0.4, -0.2) is 44.1 Å². The summed E-state index contributed by atoms with van der Waals surface area (Å²) in [6.07, 6.45) is 1.21. The molecule has 0 aliphatic carbocycles. The minimum atomic E-state index is -3.12. The molecule has 0 bridgehead atoms. The topological polar surface area (TPSA) is 62.3 Å². The van der Waals surface area contributed by atoms with Crippen LogP contribution in [-0.2, 0) is 10.0 Å². The fourth-order valence-corrected chi connectivity index (χ4v) is 3.20. The molecule has 0 saturated heterocycles. The van der Waals surface area contributed by atoms with Gasteiger partial charge in [0.05, 0.1) is 18.0 Å². The quantitative estimate of drug-likeness (QED) is 0.841. The summed E-state index contributed by atoms with van der Waals surface area (Å²) in [6, 6.07) is 10.2. The third kappa shape index (κ3) is 4.61. The van der Waals surface area contributed by atoms with E-state index in [4.69, 9.17) is 0 Å². The van der Waals surface area contributed by atoms with Gasteiger partial charge in [0, 0.05) is 31.1 Å². The molecule has 22 heavy (non-hydrogen) atoms. The maximum atomic E-state index is 11.3. The van der Waals surface area contributed by atoms with E-state index in [0.717, 1.165) is 16.3 Å². The monoisotopic (exact) mass is 339 g/mol. The van der Waals surface area contributed by atoms with Gasteiger partial charge in [-0.05, 0) is 6.92 Å². The van der Waals surface area contributed by atoms with E-state index in [-0.39, 0.29) is 6.04 Å². The van der Waals surface area contributed by atoms with Gasteiger partial charge < -0.3 is 5.32 Å². The number of rotatable bonds is 7. The van der Waals surface area contributed by atoms with Crippen LogP contribution in [0.3, 0.4) is 0 Å². The molecule has 120 valence electrons. The summed E-state index contributed by atoms with van der Waals surface area (Å²) in [7, 11) is -1.54. The molecule has 1 heterocycles. The summed E-state index contributed by atoms with van der Waals surface area (Å²) >= 11 is 1.61. The minimum absolute atomic E-state index is 0.0930. The number of aromatic nitrogens is 1. The highest BCUT2D eigenvalue weighted by Gasteiger charge is 2.13. The number of likely N-dealkylation sites (N-methyl/N-ethyl adjacent to an activating group) is 1. The first-order chi connectivity index (χ1) is 10.4. The molecule has 1 aromatic carbocycles. The Morgan fingerprint density at radius 2 is 2.00 bits per heavy atom. The molecule has 0 amide bonds. The standard InChI is InChI=1S/C15H21N3O2S2/c1-12(16-9-10-18(2)22(3,19)20)15-17-14(11-21-15)13-7-5-4-6-8-13/h4-8,11-12,16H,9-10H2,1-3H3/t12-/m0/s1. The first-order valence-electron chi connectivity index (χ1n) is 7.03. The molecule has 2 rings (SSSR count). The van der Waals surface area contributed by atoms with Gasteiger partial charge in [0.2, 0.25) is 10.0 Å². The van der Waals surface area contributed by atoms with E-state index >= 15 is 0 Å². The smallest absolute Gasteiger partial charge is 0.210 e. The molecule has 5 nitrogen and oxygen atoms in total. The van der Waals surface area contributed by atoms with E-state index in [0.29, 0.717) is 13.1 Å². The zero-order chi connectivity index (χ0) is 16.2. The van der Waals surface area contributed by atoms with Crippen LogP contribution in [0.1, 0.15) is 18.0 Å². The Morgan fingerprint density at radius 1 is 1.32 bits per heavy atom. The molecule has 7 heteroatoms. The van der Waals surface area contributed by atoms with Crippen molar-refractivity contribution in [3.8, 4) is 11.3 Å². The fraction of sp³-hybridized carbons (Fsp3) is 0.400. The molecule has 0 radical (unpaired) electrons. The first kappa shape index (κ1) is 17.1. The average Bonchev–Trinajstić information content (AvgIpc) is 2.97. The average molecular weight is 339 g/mol. The van der Waals surface area contributed by atoms with Crippen LogP contribution in [0.4, 0.5) is 0 Å². The fourth-order valence-electron chi connectivity index (χ4n) is 1.92. The molecule has 1 aromatic heterocycles. The molecule has 0 aliphatic heterocycles. The van der Waals surface area contributed by atoms with Crippen molar-refractivity contribution in [2.75, 3.05) is 26.4 Å².